The fourth-order valence-electron chi connectivity index (χ4n) is 6.25. The Morgan fingerprint density at radius 3 is 1.47 bits per heavy atom. The summed E-state index contributed by atoms with van der Waals surface area (Å²) in [6.45, 7) is 2.41. The first kappa shape index (κ1) is 65.8. The van der Waals surface area contributed by atoms with Crippen LogP contribution < -0.4 is 5.32 Å². The van der Waals surface area contributed by atoms with Gasteiger partial charge in [0.1, 0.15) is 12.6 Å². The normalized spacial score (nSPS) is 15.5. The van der Waals surface area contributed by atoms with E-state index in [0.29, 0.717) is 26.1 Å². The van der Waals surface area contributed by atoms with Crippen LogP contribution >= 0.6 is 0 Å². The molecule has 382 valence electrons. The van der Waals surface area contributed by atoms with Crippen molar-refractivity contribution in [3.05, 3.63) is 35.9 Å². The Hall–Kier alpha value is -4.52. The number of likely N-dealkylation sites (tertiary alicyclic amines) is 1. The molecule has 0 radical (unpaired) electrons. The number of esters is 1. The third kappa shape index (κ3) is 36.7. The third-order valence-corrected chi connectivity index (χ3v) is 9.14. The van der Waals surface area contributed by atoms with E-state index < -0.39 is 44.0 Å². The van der Waals surface area contributed by atoms with Gasteiger partial charge in [-0.2, -0.15) is 0 Å². The summed E-state index contributed by atoms with van der Waals surface area (Å²) < 4.78 is 85.9. The van der Waals surface area contributed by atoms with Gasteiger partial charge in [0.05, 0.1) is 45.5 Å². The quantitative estimate of drug-likeness (QED) is 0.0633. The summed E-state index contributed by atoms with van der Waals surface area (Å²) in [5.74, 6) is -0.0691. The highest BCUT2D eigenvalue weighted by molar-refractivity contribution is 7.59. The smallest absolute Gasteiger partial charge is 0.425 e. The van der Waals surface area contributed by atoms with E-state index >= 15 is 0 Å². The van der Waals surface area contributed by atoms with Gasteiger partial charge in [0.25, 0.3) is 0 Å². The predicted octanol–water partition coefficient (Wildman–Crippen LogP) is -2.37. The number of hydrogen-bond acceptors (Lipinski definition) is 22. The van der Waals surface area contributed by atoms with Crippen LogP contribution in [-0.2, 0) is 62.3 Å². The molecular weight excluding hydrogens is 945 g/mol. The van der Waals surface area contributed by atoms with E-state index in [1.165, 1.54) is 34.7 Å². The van der Waals surface area contributed by atoms with Crippen molar-refractivity contribution in [2.45, 2.75) is 89.3 Å². The summed E-state index contributed by atoms with van der Waals surface area (Å²) in [6, 6.07) is 8.64. The third-order valence-electron chi connectivity index (χ3n) is 9.14. The number of methoxy groups -OCH3 is 1. The number of carbonyl (C=O) groups excluding carboxylic acids is 4. The lowest BCUT2D eigenvalue weighted by Crippen LogP contribution is -2.49. The summed E-state index contributed by atoms with van der Waals surface area (Å²) in [6.07, 6.45) is 9.68. The number of aliphatic hydroxyl groups is 6. The molecule has 1 aliphatic carbocycles. The lowest BCUT2D eigenvalue weighted by atomic mass is 10.1. The number of rotatable bonds is 17. The highest BCUT2D eigenvalue weighted by Crippen LogP contribution is 2.25. The molecule has 1 aromatic rings. The van der Waals surface area contributed by atoms with Gasteiger partial charge in [-0.15, -0.1) is 37.9 Å². The molecule has 66 heavy (non-hydrogen) atoms. The lowest BCUT2D eigenvalue weighted by molar-refractivity contribution is -0.145. The number of nitrogens with one attached hydrogen (secondary N) is 1. The zero-order chi connectivity index (χ0) is 50.7. The monoisotopic (exact) mass is 1010 g/mol. The van der Waals surface area contributed by atoms with E-state index in [9.17, 15) is 19.2 Å². The second-order valence-electron chi connectivity index (χ2n) is 13.7. The predicted molar refractivity (Wildman–Crippen MR) is 230 cm³/mol. The van der Waals surface area contributed by atoms with Gasteiger partial charge in [0.2, 0.25) is 11.8 Å². The van der Waals surface area contributed by atoms with Gasteiger partial charge >= 0.3 is 43.9 Å². The molecular formula is C38H66N4O21S3. The van der Waals surface area contributed by atoms with Gasteiger partial charge in [0.15, 0.2) is 0 Å². The minimum Gasteiger partial charge on any atom is -0.469 e. The molecule has 25 nitrogen and oxygen atoms in total. The highest BCUT2D eigenvalue weighted by Gasteiger charge is 2.37. The number of aliphatic hydroxyl groups excluding tert-OH is 6. The van der Waals surface area contributed by atoms with Crippen molar-refractivity contribution in [3.8, 4) is 0 Å². The van der Waals surface area contributed by atoms with E-state index in [1.807, 2.05) is 30.3 Å². The van der Waals surface area contributed by atoms with Crippen LogP contribution in [0.15, 0.2) is 30.3 Å². The molecule has 0 bridgehead atoms. The lowest BCUT2D eigenvalue weighted by Gasteiger charge is -2.29. The van der Waals surface area contributed by atoms with Gasteiger partial charge in [-0.3, -0.25) is 19.3 Å². The van der Waals surface area contributed by atoms with Gasteiger partial charge in [-0.25, -0.2) is 4.79 Å². The largest absolute Gasteiger partial charge is 0.469 e. The highest BCUT2D eigenvalue weighted by atomic mass is 32.2. The molecule has 2 saturated heterocycles. The van der Waals surface area contributed by atoms with E-state index in [-0.39, 0.29) is 89.1 Å². The van der Waals surface area contributed by atoms with Crippen LogP contribution in [0.25, 0.3) is 0 Å². The fourth-order valence-corrected chi connectivity index (χ4v) is 6.25. The first-order valence-electron chi connectivity index (χ1n) is 20.7. The number of benzene rings is 1. The summed E-state index contributed by atoms with van der Waals surface area (Å²) in [4.78, 5) is 51.8. The maximum Gasteiger partial charge on any atom is 0.425 e. The Labute approximate surface area is 388 Å². The Bertz CT molecular complexity index is 1680. The van der Waals surface area contributed by atoms with E-state index in [2.05, 4.69) is 10.1 Å². The van der Waals surface area contributed by atoms with Crippen molar-refractivity contribution in [2.75, 3.05) is 86.0 Å². The molecule has 1 aromatic carbocycles. The summed E-state index contributed by atoms with van der Waals surface area (Å²) >= 11 is 0. The fraction of sp³-hybridized carbons (Fsp3) is 0.737. The SMILES string of the molecule is COC(=O)C1CCCC1.O=C([C@@H]1CCCN1)N(CCO)CCO.O=C([C@@H]1CCCN1C(=O)OCc1ccccc1)N(CCO)CCO.O=S(=O)=O.O=S(=O)=O.O=S(=O)=O.OCCCCCO. The van der Waals surface area contributed by atoms with Crippen LogP contribution in [0.5, 0.6) is 0 Å². The molecule has 3 amide bonds. The number of carbonyl (C=O) groups is 4. The minimum absolute atomic E-state index is 0.00870. The Morgan fingerprint density at radius 2 is 1.08 bits per heavy atom. The number of hydrogen-bond donors (Lipinski definition) is 7. The van der Waals surface area contributed by atoms with Crippen molar-refractivity contribution in [1.29, 1.82) is 0 Å². The zero-order valence-corrected chi connectivity index (χ0v) is 39.4. The number of ether oxygens (including phenoxy) is 2. The Balaban J connectivity index is -0.000000800. The average Bonchev–Trinajstić information content (AvgIpc) is 4.10. The van der Waals surface area contributed by atoms with E-state index in [1.54, 1.807) is 0 Å². The van der Waals surface area contributed by atoms with Crippen LogP contribution in [0.1, 0.15) is 76.2 Å². The molecule has 4 rings (SSSR count). The maximum atomic E-state index is 12.6. The molecule has 3 fully saturated rings. The van der Waals surface area contributed by atoms with E-state index in [4.69, 9.17) is 73.3 Å². The molecule has 2 heterocycles. The van der Waals surface area contributed by atoms with Crippen molar-refractivity contribution >= 4 is 55.7 Å². The average molecular weight is 1010 g/mol. The number of amides is 3. The topological polar surface area (TPSA) is 384 Å². The van der Waals surface area contributed by atoms with Crippen LogP contribution in [0, 0.1) is 5.92 Å². The van der Waals surface area contributed by atoms with Crippen molar-refractivity contribution in [3.63, 3.8) is 0 Å². The molecule has 0 unspecified atom stereocenters. The maximum absolute atomic E-state index is 12.6. The molecule has 2 atom stereocenters. The molecule has 1 saturated carbocycles. The zero-order valence-electron chi connectivity index (χ0n) is 37.0. The molecule has 7 N–H and O–H groups in total. The van der Waals surface area contributed by atoms with E-state index in [0.717, 1.165) is 63.5 Å². The number of unbranched alkanes of at least 4 members (excludes halogenated alkanes) is 2. The van der Waals surface area contributed by atoms with Crippen molar-refractivity contribution in [2.24, 2.45) is 5.92 Å². The summed E-state index contributed by atoms with van der Waals surface area (Å²) in [7, 11) is -7.87. The van der Waals surface area contributed by atoms with Gasteiger partial charge in [0, 0.05) is 45.9 Å². The van der Waals surface area contributed by atoms with Crippen LogP contribution in [0.4, 0.5) is 4.79 Å². The minimum atomic E-state index is -3.11. The summed E-state index contributed by atoms with van der Waals surface area (Å²) in [5.41, 5.74) is 0.884. The second kappa shape index (κ2) is 44.3. The van der Waals surface area contributed by atoms with Gasteiger partial charge < -0.3 is 55.2 Å². The standard InChI is InChI=1S/C17H24N2O5.C9H18N2O3.C7H12O2.C5H12O2.3O3S/c20-11-9-18(10-12-21)16(22)15-7-4-8-19(15)17(23)24-13-14-5-2-1-3-6-14;12-6-4-11(5-7-13)9(14)8-2-1-3-10-8;1-9-7(8)6-4-2-3-5-6;6-4-2-1-3-5-7;3*1-4(2)3/h1-3,5-6,15,20-21H,4,7-13H2;8,10,12-13H,1-7H2;6H,2-5H2,1H3;6-7H,1-5H2;;;/t15-;8-;;;;;/m00...../s1. The van der Waals surface area contributed by atoms with Gasteiger partial charge in [-0.05, 0) is 69.9 Å². The molecule has 0 spiro atoms. The molecule has 3 aliphatic rings. The molecule has 28 heteroatoms. The Kier molecular flexibility index (Phi) is 44.2. The molecule has 0 aromatic heterocycles. The molecule has 2 aliphatic heterocycles. The van der Waals surface area contributed by atoms with Gasteiger partial charge in [-0.1, -0.05) is 43.2 Å². The first-order valence-corrected chi connectivity index (χ1v) is 23.7. The van der Waals surface area contributed by atoms with Crippen molar-refractivity contribution in [1.82, 2.24) is 20.0 Å². The first-order chi connectivity index (χ1) is 31.4. The van der Waals surface area contributed by atoms with Crippen LogP contribution in [0.2, 0.25) is 0 Å². The second-order valence-corrected chi connectivity index (χ2v) is 14.9. The van der Waals surface area contributed by atoms with Crippen LogP contribution in [0.3, 0.4) is 0 Å². The Morgan fingerprint density at radius 1 is 0.621 bits per heavy atom. The van der Waals surface area contributed by atoms with Crippen molar-refractivity contribution < 1.29 is 97.2 Å². The van der Waals surface area contributed by atoms with Crippen LogP contribution in [-0.4, -0.2) is 205 Å². The number of nitrogens with zero attached hydrogens (tertiary/aromatic N) is 3. The summed E-state index contributed by atoms with van der Waals surface area (Å²) in [5, 5.41) is 55.2.